The smallest absolute Gasteiger partial charge is 0.310 e. The van der Waals surface area contributed by atoms with Crippen LogP contribution in [0.25, 0.3) is 10.9 Å². The van der Waals surface area contributed by atoms with Crippen molar-refractivity contribution in [2.75, 3.05) is 13.2 Å². The molecule has 2 heterocycles. The lowest BCUT2D eigenvalue weighted by Crippen LogP contribution is -2.51. The fraction of sp³-hybridized carbons (Fsp3) is 0.190. The number of H-pyrrole nitrogens is 1. The number of hydrogen-bond acceptors (Lipinski definition) is 6. The van der Waals surface area contributed by atoms with Gasteiger partial charge >= 0.3 is 5.97 Å². The number of rotatable bonds is 5. The predicted octanol–water partition coefficient (Wildman–Crippen LogP) is 1.24. The van der Waals surface area contributed by atoms with Gasteiger partial charge in [0.2, 0.25) is 6.10 Å². The Morgan fingerprint density at radius 2 is 1.80 bits per heavy atom. The van der Waals surface area contributed by atoms with Crippen molar-refractivity contribution >= 4 is 28.7 Å². The maximum Gasteiger partial charge on any atom is 0.310 e. The first-order valence-corrected chi connectivity index (χ1v) is 9.28. The summed E-state index contributed by atoms with van der Waals surface area (Å²) in [7, 11) is 0. The van der Waals surface area contributed by atoms with Crippen LogP contribution in [0.2, 0.25) is 0 Å². The number of para-hydroxylation sites is 3. The van der Waals surface area contributed by atoms with E-state index in [1.807, 2.05) is 24.3 Å². The quantitative estimate of drug-likeness (QED) is 0.431. The highest BCUT2D eigenvalue weighted by Gasteiger charge is 2.27. The van der Waals surface area contributed by atoms with Crippen molar-refractivity contribution in [1.82, 2.24) is 15.8 Å². The van der Waals surface area contributed by atoms with E-state index in [4.69, 9.17) is 14.2 Å². The summed E-state index contributed by atoms with van der Waals surface area (Å²) in [5.41, 5.74) is 6.12. The third-order valence-electron chi connectivity index (χ3n) is 4.50. The Kier molecular flexibility index (Phi) is 5.51. The molecule has 9 nitrogen and oxygen atoms in total. The molecule has 0 radical (unpaired) electrons. The Hall–Kier alpha value is -4.01. The molecule has 0 saturated heterocycles. The lowest BCUT2D eigenvalue weighted by Gasteiger charge is -2.25. The average molecular weight is 409 g/mol. The minimum absolute atomic E-state index is 0.0122. The van der Waals surface area contributed by atoms with E-state index < -0.39 is 30.5 Å². The molecule has 0 bridgehead atoms. The Bertz CT molecular complexity index is 1090. The van der Waals surface area contributed by atoms with Crippen LogP contribution < -0.4 is 20.3 Å². The van der Waals surface area contributed by atoms with E-state index in [1.54, 1.807) is 30.5 Å². The number of hydrazine groups is 1. The first kappa shape index (κ1) is 19.3. The monoisotopic (exact) mass is 409 g/mol. The Morgan fingerprint density at radius 3 is 2.67 bits per heavy atom. The molecule has 4 rings (SSSR count). The molecule has 2 aromatic carbocycles. The molecule has 0 aliphatic carbocycles. The van der Waals surface area contributed by atoms with Gasteiger partial charge in [0, 0.05) is 17.1 Å². The minimum Gasteiger partial charge on any atom is -0.485 e. The zero-order valence-corrected chi connectivity index (χ0v) is 15.8. The van der Waals surface area contributed by atoms with E-state index in [0.29, 0.717) is 11.5 Å². The second-order valence-corrected chi connectivity index (χ2v) is 6.60. The van der Waals surface area contributed by atoms with Crippen LogP contribution in [-0.2, 0) is 25.5 Å². The lowest BCUT2D eigenvalue weighted by atomic mass is 10.1. The largest absolute Gasteiger partial charge is 0.485 e. The highest BCUT2D eigenvalue weighted by atomic mass is 16.6. The predicted molar refractivity (Wildman–Crippen MR) is 106 cm³/mol. The number of carbonyl (C=O) groups is 3. The van der Waals surface area contributed by atoms with Gasteiger partial charge in [0.05, 0.1) is 6.42 Å². The molecular weight excluding hydrogens is 390 g/mol. The standard InChI is InChI=1S/C21H19N3O6/c25-19(12-29-20(26)9-13-10-22-15-6-2-1-5-14(13)15)23-24-21(27)18-11-28-16-7-3-4-8-17(16)30-18/h1-8,10,18,22H,9,11-12H2,(H,23,25)(H,24,27)/t18-/m0/s1. The van der Waals surface area contributed by atoms with Crippen LogP contribution in [0.3, 0.4) is 0 Å². The Labute approximate surface area is 171 Å². The van der Waals surface area contributed by atoms with Crippen LogP contribution in [0.15, 0.2) is 54.7 Å². The second-order valence-electron chi connectivity index (χ2n) is 6.60. The number of amides is 2. The number of carbonyl (C=O) groups excluding carboxylic acids is 3. The van der Waals surface area contributed by atoms with Gasteiger partial charge in [-0.3, -0.25) is 25.2 Å². The molecule has 0 unspecified atom stereocenters. The number of aromatic nitrogens is 1. The van der Waals surface area contributed by atoms with Gasteiger partial charge < -0.3 is 19.2 Å². The van der Waals surface area contributed by atoms with Crippen molar-refractivity contribution in [1.29, 1.82) is 0 Å². The van der Waals surface area contributed by atoms with Crippen LogP contribution in [-0.4, -0.2) is 42.1 Å². The van der Waals surface area contributed by atoms with E-state index in [9.17, 15) is 14.4 Å². The summed E-state index contributed by atoms with van der Waals surface area (Å²) in [4.78, 5) is 39.1. The topological polar surface area (TPSA) is 119 Å². The van der Waals surface area contributed by atoms with Crippen molar-refractivity contribution in [3.05, 3.63) is 60.3 Å². The third-order valence-corrected chi connectivity index (χ3v) is 4.50. The van der Waals surface area contributed by atoms with Crippen LogP contribution in [0, 0.1) is 0 Å². The maximum atomic E-state index is 12.1. The number of ether oxygens (including phenoxy) is 3. The zero-order chi connectivity index (χ0) is 20.9. The van der Waals surface area contributed by atoms with Gasteiger partial charge in [-0.2, -0.15) is 0 Å². The number of esters is 1. The fourth-order valence-corrected chi connectivity index (χ4v) is 3.03. The SMILES string of the molecule is O=C(COC(=O)Cc1c[nH]c2ccccc12)NNC(=O)[C@@H]1COc2ccccc2O1. The normalized spacial score (nSPS) is 14.7. The molecule has 154 valence electrons. The summed E-state index contributed by atoms with van der Waals surface area (Å²) in [6, 6.07) is 14.5. The van der Waals surface area contributed by atoms with Gasteiger partial charge in [-0.05, 0) is 23.8 Å². The molecule has 0 saturated carbocycles. The summed E-state index contributed by atoms with van der Waals surface area (Å²) in [6.07, 6.45) is 0.844. The van der Waals surface area contributed by atoms with Crippen LogP contribution in [0.5, 0.6) is 11.5 Å². The zero-order valence-electron chi connectivity index (χ0n) is 15.8. The van der Waals surface area contributed by atoms with E-state index in [0.717, 1.165) is 16.5 Å². The third kappa shape index (κ3) is 4.35. The summed E-state index contributed by atoms with van der Waals surface area (Å²) in [6.45, 7) is -0.509. The molecule has 1 aromatic heterocycles. The van der Waals surface area contributed by atoms with Crippen molar-refractivity contribution in [3.63, 3.8) is 0 Å². The first-order valence-electron chi connectivity index (χ1n) is 9.28. The molecule has 3 N–H and O–H groups in total. The van der Waals surface area contributed by atoms with E-state index >= 15 is 0 Å². The van der Waals surface area contributed by atoms with Crippen molar-refractivity contribution in [2.24, 2.45) is 0 Å². The molecule has 0 spiro atoms. The second kappa shape index (κ2) is 8.56. The fourth-order valence-electron chi connectivity index (χ4n) is 3.03. The van der Waals surface area contributed by atoms with Gasteiger partial charge in [0.25, 0.3) is 11.8 Å². The van der Waals surface area contributed by atoms with Gasteiger partial charge in [0.15, 0.2) is 18.1 Å². The maximum absolute atomic E-state index is 12.1. The van der Waals surface area contributed by atoms with Crippen molar-refractivity contribution < 1.29 is 28.6 Å². The summed E-state index contributed by atoms with van der Waals surface area (Å²) in [5.74, 6) is -0.813. The first-order chi connectivity index (χ1) is 14.6. The highest BCUT2D eigenvalue weighted by molar-refractivity contribution is 5.89. The summed E-state index contributed by atoms with van der Waals surface area (Å²) >= 11 is 0. The number of hydrogen-bond donors (Lipinski definition) is 3. The van der Waals surface area contributed by atoms with E-state index in [1.165, 1.54) is 0 Å². The number of nitrogens with one attached hydrogen (secondary N) is 3. The van der Waals surface area contributed by atoms with Crippen molar-refractivity contribution in [2.45, 2.75) is 12.5 Å². The summed E-state index contributed by atoms with van der Waals surface area (Å²) < 4.78 is 16.0. The number of fused-ring (bicyclic) bond motifs is 2. The number of benzene rings is 2. The molecule has 9 heteroatoms. The molecule has 2 amide bonds. The molecular formula is C21H19N3O6. The Morgan fingerprint density at radius 1 is 1.03 bits per heavy atom. The number of aromatic amines is 1. The van der Waals surface area contributed by atoms with Crippen molar-refractivity contribution in [3.8, 4) is 11.5 Å². The van der Waals surface area contributed by atoms with Gasteiger partial charge in [-0.15, -0.1) is 0 Å². The van der Waals surface area contributed by atoms with Gasteiger partial charge in [-0.1, -0.05) is 30.3 Å². The van der Waals surface area contributed by atoms with E-state index in [-0.39, 0.29) is 13.0 Å². The van der Waals surface area contributed by atoms with Crippen LogP contribution >= 0.6 is 0 Å². The molecule has 1 atom stereocenters. The molecule has 0 fully saturated rings. The molecule has 30 heavy (non-hydrogen) atoms. The van der Waals surface area contributed by atoms with E-state index in [2.05, 4.69) is 15.8 Å². The summed E-state index contributed by atoms with van der Waals surface area (Å²) in [5, 5.41) is 0.919. The van der Waals surface area contributed by atoms with Crippen LogP contribution in [0.1, 0.15) is 5.56 Å². The van der Waals surface area contributed by atoms with Crippen LogP contribution in [0.4, 0.5) is 0 Å². The highest BCUT2D eigenvalue weighted by Crippen LogP contribution is 2.30. The van der Waals surface area contributed by atoms with Gasteiger partial charge in [0.1, 0.15) is 6.61 Å². The minimum atomic E-state index is -0.912. The Balaban J connectivity index is 1.20. The van der Waals surface area contributed by atoms with Gasteiger partial charge in [-0.25, -0.2) is 0 Å². The molecule has 1 aliphatic heterocycles. The lowest BCUT2D eigenvalue weighted by molar-refractivity contribution is -0.148. The molecule has 1 aliphatic rings. The molecule has 3 aromatic rings. The average Bonchev–Trinajstić information content (AvgIpc) is 3.18.